The van der Waals surface area contributed by atoms with E-state index in [0.29, 0.717) is 42.3 Å². The maximum absolute atomic E-state index is 13.4. The van der Waals surface area contributed by atoms with Gasteiger partial charge in [-0.25, -0.2) is 8.42 Å². The second-order valence-corrected chi connectivity index (χ2v) is 10.7. The first-order chi connectivity index (χ1) is 16.9. The van der Waals surface area contributed by atoms with Crippen LogP contribution in [-0.2, 0) is 10.0 Å². The molecule has 0 atom stereocenters. The third-order valence-corrected chi connectivity index (χ3v) is 8.50. The topological polar surface area (TPSA) is 155 Å². The Bertz CT molecular complexity index is 1430. The van der Waals surface area contributed by atoms with Gasteiger partial charge in [0.25, 0.3) is 5.56 Å². The number of nitrogens with zero attached hydrogens (tertiary/aromatic N) is 6. The van der Waals surface area contributed by atoms with Gasteiger partial charge in [0.15, 0.2) is 11.6 Å². The molecular formula is C22H27N7O5S. The quantitative estimate of drug-likeness (QED) is 0.384. The normalized spacial score (nSPS) is 17.8. The number of piperidine rings is 1. The molecule has 1 aromatic carbocycles. The van der Waals surface area contributed by atoms with E-state index < -0.39 is 15.6 Å². The standard InChI is InChI=1S/C22H27N7O5S/c1-2-34-18-8-7-16(35(32,33)28-11-9-15(27-31)10-12-28)13-17(18)19-23-22(30)21-25-24-20(29(21)26-19)14-5-3-4-6-14/h7-8,13-14,31H,2-6,9-12H2,1H3,(H,23,26,30). The van der Waals surface area contributed by atoms with E-state index in [1.165, 1.54) is 21.0 Å². The van der Waals surface area contributed by atoms with Crippen LogP contribution in [0.1, 0.15) is 57.2 Å². The van der Waals surface area contributed by atoms with Crippen molar-refractivity contribution in [1.29, 1.82) is 0 Å². The minimum Gasteiger partial charge on any atom is -0.493 e. The van der Waals surface area contributed by atoms with Gasteiger partial charge in [0.05, 0.1) is 22.8 Å². The van der Waals surface area contributed by atoms with Crippen molar-refractivity contribution in [3.8, 4) is 17.1 Å². The molecule has 12 nitrogen and oxygen atoms in total. The van der Waals surface area contributed by atoms with Gasteiger partial charge in [0, 0.05) is 31.8 Å². The van der Waals surface area contributed by atoms with Crippen LogP contribution >= 0.6 is 0 Å². The molecule has 3 heterocycles. The zero-order valence-corrected chi connectivity index (χ0v) is 20.2. The fraction of sp³-hybridized carbons (Fsp3) is 0.500. The van der Waals surface area contributed by atoms with Crippen molar-refractivity contribution < 1.29 is 18.4 Å². The van der Waals surface area contributed by atoms with E-state index in [0.717, 1.165) is 25.7 Å². The Morgan fingerprint density at radius 3 is 2.63 bits per heavy atom. The van der Waals surface area contributed by atoms with E-state index in [9.17, 15) is 13.2 Å². The molecule has 1 aliphatic heterocycles. The van der Waals surface area contributed by atoms with Gasteiger partial charge in [-0.05, 0) is 38.0 Å². The van der Waals surface area contributed by atoms with Crippen LogP contribution < -0.4 is 10.3 Å². The third kappa shape index (κ3) is 4.29. The Hall–Kier alpha value is -3.32. The van der Waals surface area contributed by atoms with E-state index >= 15 is 0 Å². The summed E-state index contributed by atoms with van der Waals surface area (Å²) in [6.07, 6.45) is 4.83. The van der Waals surface area contributed by atoms with Gasteiger partial charge in [0.1, 0.15) is 5.75 Å². The van der Waals surface area contributed by atoms with Gasteiger partial charge in [-0.15, -0.1) is 15.3 Å². The highest BCUT2D eigenvalue weighted by Crippen LogP contribution is 2.34. The second-order valence-electron chi connectivity index (χ2n) is 8.74. The lowest BCUT2D eigenvalue weighted by atomic mass is 10.1. The number of ether oxygens (including phenoxy) is 1. The van der Waals surface area contributed by atoms with Crippen molar-refractivity contribution in [3.63, 3.8) is 0 Å². The monoisotopic (exact) mass is 501 g/mol. The first-order valence-corrected chi connectivity index (χ1v) is 13.2. The summed E-state index contributed by atoms with van der Waals surface area (Å²) >= 11 is 0. The summed E-state index contributed by atoms with van der Waals surface area (Å²) in [6, 6.07) is 4.53. The van der Waals surface area contributed by atoms with Gasteiger partial charge in [-0.3, -0.25) is 4.79 Å². The van der Waals surface area contributed by atoms with Crippen molar-refractivity contribution in [2.45, 2.75) is 56.3 Å². The SMILES string of the molecule is CCOc1ccc(S(=O)(=O)N2CCC(=NO)CC2)cc1-c1nn2c(C3CCCC3)nnc2c(=O)[nH]1. The summed E-state index contributed by atoms with van der Waals surface area (Å²) in [5, 5.41) is 25.1. The predicted octanol–water partition coefficient (Wildman–Crippen LogP) is 2.15. The summed E-state index contributed by atoms with van der Waals surface area (Å²) in [4.78, 5) is 15.6. The van der Waals surface area contributed by atoms with Crippen molar-refractivity contribution in [2.75, 3.05) is 19.7 Å². The molecule has 186 valence electrons. The average Bonchev–Trinajstić information content (AvgIpc) is 3.54. The minimum atomic E-state index is -3.83. The van der Waals surface area contributed by atoms with Crippen LogP contribution in [0.25, 0.3) is 17.0 Å². The van der Waals surface area contributed by atoms with Gasteiger partial charge < -0.3 is 14.9 Å². The Balaban J connectivity index is 1.59. The molecule has 1 saturated carbocycles. The third-order valence-electron chi connectivity index (χ3n) is 6.60. The fourth-order valence-electron chi connectivity index (χ4n) is 4.75. The van der Waals surface area contributed by atoms with Crippen LogP contribution in [0.2, 0.25) is 0 Å². The molecule has 3 aromatic rings. The number of oxime groups is 1. The number of hydrogen-bond donors (Lipinski definition) is 2. The molecule has 2 N–H and O–H groups in total. The number of nitrogens with one attached hydrogen (secondary N) is 1. The number of hydrogen-bond acceptors (Lipinski definition) is 9. The molecule has 5 rings (SSSR count). The van der Waals surface area contributed by atoms with Crippen LogP contribution in [0, 0.1) is 0 Å². The summed E-state index contributed by atoms with van der Waals surface area (Å²) in [5.74, 6) is 1.39. The lowest BCUT2D eigenvalue weighted by Crippen LogP contribution is -2.38. The summed E-state index contributed by atoms with van der Waals surface area (Å²) in [7, 11) is -3.83. The average molecular weight is 502 g/mol. The van der Waals surface area contributed by atoms with Crippen molar-refractivity contribution in [1.82, 2.24) is 29.1 Å². The molecule has 0 spiro atoms. The summed E-state index contributed by atoms with van der Waals surface area (Å²) < 4.78 is 35.3. The number of aromatic amines is 1. The molecule has 2 aromatic heterocycles. The zero-order chi connectivity index (χ0) is 24.6. The van der Waals surface area contributed by atoms with Gasteiger partial charge >= 0.3 is 0 Å². The Labute approximate surface area is 201 Å². The largest absolute Gasteiger partial charge is 0.493 e. The molecule has 2 aliphatic rings. The Morgan fingerprint density at radius 2 is 1.94 bits per heavy atom. The molecule has 1 aliphatic carbocycles. The first kappa shape index (κ1) is 23.4. The molecule has 0 radical (unpaired) electrons. The Morgan fingerprint density at radius 1 is 1.20 bits per heavy atom. The maximum atomic E-state index is 13.4. The van der Waals surface area contributed by atoms with Crippen LogP contribution in [0.4, 0.5) is 0 Å². The highest BCUT2D eigenvalue weighted by atomic mass is 32.2. The number of rotatable bonds is 6. The van der Waals surface area contributed by atoms with E-state index in [1.54, 1.807) is 6.07 Å². The van der Waals surface area contributed by atoms with Crippen molar-refractivity contribution in [3.05, 3.63) is 34.4 Å². The molecular weight excluding hydrogens is 474 g/mol. The molecule has 35 heavy (non-hydrogen) atoms. The van der Waals surface area contributed by atoms with E-state index in [4.69, 9.17) is 9.94 Å². The number of aromatic nitrogens is 5. The first-order valence-electron chi connectivity index (χ1n) is 11.7. The van der Waals surface area contributed by atoms with Crippen LogP contribution in [-0.4, -0.2) is 68.1 Å². The second kappa shape index (κ2) is 9.38. The highest BCUT2D eigenvalue weighted by molar-refractivity contribution is 7.89. The Kier molecular flexibility index (Phi) is 6.28. The lowest BCUT2D eigenvalue weighted by molar-refractivity contribution is 0.309. The smallest absolute Gasteiger partial charge is 0.296 e. The zero-order valence-electron chi connectivity index (χ0n) is 19.3. The maximum Gasteiger partial charge on any atom is 0.296 e. The van der Waals surface area contributed by atoms with E-state index in [1.807, 2.05) is 6.92 Å². The van der Waals surface area contributed by atoms with Crippen LogP contribution in [0.3, 0.4) is 0 Å². The predicted molar refractivity (Wildman–Crippen MR) is 126 cm³/mol. The fourth-order valence-corrected chi connectivity index (χ4v) is 6.22. The highest BCUT2D eigenvalue weighted by Gasteiger charge is 2.30. The van der Waals surface area contributed by atoms with Crippen LogP contribution in [0.15, 0.2) is 33.0 Å². The number of sulfonamides is 1. The van der Waals surface area contributed by atoms with E-state index in [2.05, 4.69) is 25.4 Å². The van der Waals surface area contributed by atoms with Gasteiger partial charge in [0.2, 0.25) is 15.7 Å². The summed E-state index contributed by atoms with van der Waals surface area (Å²) in [5.41, 5.74) is 0.569. The molecule has 13 heteroatoms. The van der Waals surface area contributed by atoms with E-state index in [-0.39, 0.29) is 35.4 Å². The molecule has 0 unspecified atom stereocenters. The van der Waals surface area contributed by atoms with Gasteiger partial charge in [-0.2, -0.15) is 8.82 Å². The number of H-pyrrole nitrogens is 1. The van der Waals surface area contributed by atoms with Crippen molar-refractivity contribution in [2.24, 2.45) is 5.16 Å². The van der Waals surface area contributed by atoms with Crippen molar-refractivity contribution >= 4 is 21.4 Å². The molecule has 1 saturated heterocycles. The number of benzene rings is 1. The molecule has 0 amide bonds. The molecule has 0 bridgehead atoms. The van der Waals surface area contributed by atoms with Crippen LogP contribution in [0.5, 0.6) is 5.75 Å². The molecule has 2 fully saturated rings. The number of fused-ring (bicyclic) bond motifs is 1. The van der Waals surface area contributed by atoms with Gasteiger partial charge in [-0.1, -0.05) is 18.0 Å². The lowest BCUT2D eigenvalue weighted by Gasteiger charge is -2.26. The minimum absolute atomic E-state index is 0.0582. The summed E-state index contributed by atoms with van der Waals surface area (Å²) in [6.45, 7) is 2.61.